The van der Waals surface area contributed by atoms with E-state index in [1.807, 2.05) is 6.07 Å². The summed E-state index contributed by atoms with van der Waals surface area (Å²) >= 11 is 6.31. The number of rotatable bonds is 0. The normalized spacial score (nSPS) is 28.5. The molecule has 0 radical (unpaired) electrons. The number of halogens is 1. The van der Waals surface area contributed by atoms with E-state index >= 15 is 0 Å². The van der Waals surface area contributed by atoms with Crippen molar-refractivity contribution in [1.82, 2.24) is 5.32 Å². The Hall–Kier alpha value is -0.730. The van der Waals surface area contributed by atoms with Crippen LogP contribution in [0, 0.1) is 5.92 Å². The smallest absolute Gasteiger partial charge is 0.0642 e. The Morgan fingerprint density at radius 1 is 1.44 bits per heavy atom. The molecule has 1 saturated heterocycles. The van der Waals surface area contributed by atoms with E-state index in [4.69, 9.17) is 11.6 Å². The van der Waals surface area contributed by atoms with Crippen LogP contribution < -0.4 is 10.2 Å². The third-order valence-corrected chi connectivity index (χ3v) is 4.28. The van der Waals surface area contributed by atoms with E-state index in [9.17, 15) is 0 Å². The quantitative estimate of drug-likeness (QED) is 0.744. The van der Waals surface area contributed by atoms with Gasteiger partial charge in [0.1, 0.15) is 0 Å². The molecule has 3 heteroatoms. The highest BCUT2D eigenvalue weighted by Crippen LogP contribution is 2.39. The first-order valence-electron chi connectivity index (χ1n) is 5.98. The van der Waals surface area contributed by atoms with Crippen LogP contribution in [0.25, 0.3) is 0 Å². The fourth-order valence-corrected chi connectivity index (χ4v) is 3.52. The molecule has 2 aliphatic rings. The van der Waals surface area contributed by atoms with Crippen LogP contribution in [0.2, 0.25) is 5.02 Å². The largest absolute Gasteiger partial charge is 0.370 e. The molecule has 1 aromatic rings. The van der Waals surface area contributed by atoms with Gasteiger partial charge in [-0.05, 0) is 36.9 Å². The number of hydrogen-bond donors (Lipinski definition) is 1. The summed E-state index contributed by atoms with van der Waals surface area (Å²) in [6.45, 7) is 2.27. The van der Waals surface area contributed by atoms with E-state index in [1.54, 1.807) is 0 Å². The molecule has 2 atom stereocenters. The van der Waals surface area contributed by atoms with Gasteiger partial charge in [0.2, 0.25) is 0 Å². The fraction of sp³-hybridized carbons (Fsp3) is 0.538. The molecule has 0 spiro atoms. The predicted molar refractivity (Wildman–Crippen MR) is 68.3 cm³/mol. The SMILES string of the molecule is CN1c2c(Cl)cccc2CC2CNCCC21. The van der Waals surface area contributed by atoms with Crippen molar-refractivity contribution < 1.29 is 0 Å². The van der Waals surface area contributed by atoms with Gasteiger partial charge in [-0.15, -0.1) is 0 Å². The summed E-state index contributed by atoms with van der Waals surface area (Å²) in [5, 5.41) is 4.39. The lowest BCUT2D eigenvalue weighted by atomic mass is 9.82. The van der Waals surface area contributed by atoms with Crippen LogP contribution in [-0.4, -0.2) is 26.2 Å². The summed E-state index contributed by atoms with van der Waals surface area (Å²) in [7, 11) is 2.19. The Kier molecular flexibility index (Phi) is 2.56. The highest BCUT2D eigenvalue weighted by molar-refractivity contribution is 6.33. The van der Waals surface area contributed by atoms with Crippen LogP contribution >= 0.6 is 11.6 Å². The summed E-state index contributed by atoms with van der Waals surface area (Å²) in [6, 6.07) is 6.93. The van der Waals surface area contributed by atoms with Gasteiger partial charge >= 0.3 is 0 Å². The molecule has 1 fully saturated rings. The van der Waals surface area contributed by atoms with Gasteiger partial charge in [0, 0.05) is 19.6 Å². The maximum atomic E-state index is 6.31. The van der Waals surface area contributed by atoms with Crippen molar-refractivity contribution in [2.24, 2.45) is 5.92 Å². The summed E-state index contributed by atoms with van der Waals surface area (Å²) in [4.78, 5) is 2.40. The number of anilines is 1. The Morgan fingerprint density at radius 3 is 3.19 bits per heavy atom. The molecule has 1 aromatic carbocycles. The minimum Gasteiger partial charge on any atom is -0.370 e. The highest BCUT2D eigenvalue weighted by Gasteiger charge is 2.34. The van der Waals surface area contributed by atoms with Crippen LogP contribution in [0.3, 0.4) is 0 Å². The van der Waals surface area contributed by atoms with Gasteiger partial charge in [-0.25, -0.2) is 0 Å². The van der Waals surface area contributed by atoms with Crippen molar-refractivity contribution in [1.29, 1.82) is 0 Å². The van der Waals surface area contributed by atoms with Gasteiger partial charge in [-0.3, -0.25) is 0 Å². The molecule has 3 rings (SSSR count). The zero-order chi connectivity index (χ0) is 11.1. The molecule has 0 aromatic heterocycles. The maximum absolute atomic E-state index is 6.31. The Labute approximate surface area is 102 Å². The monoisotopic (exact) mass is 236 g/mol. The van der Waals surface area contributed by atoms with Gasteiger partial charge in [0.25, 0.3) is 0 Å². The first-order chi connectivity index (χ1) is 7.77. The van der Waals surface area contributed by atoms with Gasteiger partial charge in [0.15, 0.2) is 0 Å². The molecule has 16 heavy (non-hydrogen) atoms. The first-order valence-corrected chi connectivity index (χ1v) is 6.36. The highest BCUT2D eigenvalue weighted by atomic mass is 35.5. The molecule has 2 aliphatic heterocycles. The van der Waals surface area contributed by atoms with Crippen LogP contribution in [0.5, 0.6) is 0 Å². The van der Waals surface area contributed by atoms with Gasteiger partial charge < -0.3 is 10.2 Å². The average molecular weight is 237 g/mol. The lowest BCUT2D eigenvalue weighted by Crippen LogP contribution is -2.51. The van der Waals surface area contributed by atoms with Crippen LogP contribution in [0.1, 0.15) is 12.0 Å². The average Bonchev–Trinajstić information content (AvgIpc) is 2.29. The van der Waals surface area contributed by atoms with Crippen molar-refractivity contribution in [2.75, 3.05) is 25.0 Å². The Balaban J connectivity index is 2.03. The van der Waals surface area contributed by atoms with Crippen molar-refractivity contribution in [2.45, 2.75) is 18.9 Å². The predicted octanol–water partition coefficient (Wildman–Crippen LogP) is 2.31. The summed E-state index contributed by atoms with van der Waals surface area (Å²) in [6.07, 6.45) is 2.39. The second-order valence-corrected chi connectivity index (χ2v) is 5.29. The molecule has 2 unspecified atom stereocenters. The number of para-hydroxylation sites is 1. The topological polar surface area (TPSA) is 15.3 Å². The van der Waals surface area contributed by atoms with Crippen molar-refractivity contribution in [3.8, 4) is 0 Å². The number of hydrogen-bond acceptors (Lipinski definition) is 2. The van der Waals surface area contributed by atoms with Crippen LogP contribution in [-0.2, 0) is 6.42 Å². The molecular formula is C13H17ClN2. The number of piperidine rings is 1. The number of fused-ring (bicyclic) bond motifs is 2. The molecule has 86 valence electrons. The maximum Gasteiger partial charge on any atom is 0.0642 e. The van der Waals surface area contributed by atoms with E-state index in [-0.39, 0.29) is 0 Å². The van der Waals surface area contributed by atoms with Gasteiger partial charge in [0.05, 0.1) is 10.7 Å². The van der Waals surface area contributed by atoms with E-state index in [1.165, 1.54) is 17.7 Å². The zero-order valence-electron chi connectivity index (χ0n) is 9.54. The third-order valence-electron chi connectivity index (χ3n) is 3.97. The van der Waals surface area contributed by atoms with Crippen molar-refractivity contribution in [3.05, 3.63) is 28.8 Å². The summed E-state index contributed by atoms with van der Waals surface area (Å²) < 4.78 is 0. The third kappa shape index (κ3) is 1.52. The second kappa shape index (κ2) is 3.94. The van der Waals surface area contributed by atoms with E-state index in [2.05, 4.69) is 29.4 Å². The first kappa shape index (κ1) is 10.4. The number of nitrogens with one attached hydrogen (secondary N) is 1. The standard InChI is InChI=1S/C13H17ClN2/c1-16-12-5-6-15-8-10(12)7-9-3-2-4-11(14)13(9)16/h2-4,10,12,15H,5-8H2,1H3. The van der Waals surface area contributed by atoms with Gasteiger partial charge in [-0.2, -0.15) is 0 Å². The minimum absolute atomic E-state index is 0.661. The summed E-state index contributed by atoms with van der Waals surface area (Å²) in [5.74, 6) is 0.740. The molecule has 0 amide bonds. The van der Waals surface area contributed by atoms with Crippen LogP contribution in [0.4, 0.5) is 5.69 Å². The zero-order valence-corrected chi connectivity index (χ0v) is 10.3. The molecule has 1 N–H and O–H groups in total. The molecular weight excluding hydrogens is 220 g/mol. The molecule has 0 bridgehead atoms. The lowest BCUT2D eigenvalue weighted by Gasteiger charge is -2.44. The minimum atomic E-state index is 0.661. The number of benzene rings is 1. The molecule has 0 aliphatic carbocycles. The molecule has 0 saturated carbocycles. The fourth-order valence-electron chi connectivity index (χ4n) is 3.20. The van der Waals surface area contributed by atoms with Gasteiger partial charge in [-0.1, -0.05) is 23.7 Å². The molecule has 2 heterocycles. The van der Waals surface area contributed by atoms with E-state index in [0.29, 0.717) is 6.04 Å². The van der Waals surface area contributed by atoms with Crippen molar-refractivity contribution >= 4 is 17.3 Å². The van der Waals surface area contributed by atoms with E-state index < -0.39 is 0 Å². The second-order valence-electron chi connectivity index (χ2n) is 4.88. The lowest BCUT2D eigenvalue weighted by molar-refractivity contribution is 0.304. The number of nitrogens with zero attached hydrogens (tertiary/aromatic N) is 1. The molecule has 2 nitrogen and oxygen atoms in total. The summed E-state index contributed by atoms with van der Waals surface area (Å²) in [5.41, 5.74) is 2.66. The van der Waals surface area contributed by atoms with Crippen molar-refractivity contribution in [3.63, 3.8) is 0 Å². The van der Waals surface area contributed by atoms with E-state index in [0.717, 1.165) is 30.5 Å². The van der Waals surface area contributed by atoms with Crippen LogP contribution in [0.15, 0.2) is 18.2 Å². The Bertz CT molecular complexity index is 405. The Morgan fingerprint density at radius 2 is 2.31 bits per heavy atom.